The van der Waals surface area contributed by atoms with E-state index in [0.29, 0.717) is 10.8 Å². The quantitative estimate of drug-likeness (QED) is 0.809. The summed E-state index contributed by atoms with van der Waals surface area (Å²) in [6.45, 7) is 4.01. The molecular weight excluding hydrogens is 260 g/mol. The summed E-state index contributed by atoms with van der Waals surface area (Å²) in [5, 5.41) is 3.93. The molecule has 0 saturated heterocycles. The van der Waals surface area contributed by atoms with E-state index in [-0.39, 0.29) is 0 Å². The molecule has 0 amide bonds. The van der Waals surface area contributed by atoms with E-state index < -0.39 is 0 Å². The lowest BCUT2D eigenvalue weighted by Gasteiger charge is -2.08. The average molecular weight is 277 g/mol. The third kappa shape index (κ3) is 4.54. The molecule has 1 heterocycles. The van der Waals surface area contributed by atoms with E-state index in [1.165, 1.54) is 5.56 Å². The van der Waals surface area contributed by atoms with Crippen LogP contribution in [0.15, 0.2) is 42.7 Å². The molecule has 1 N–H and O–H groups in total. The van der Waals surface area contributed by atoms with Crippen molar-refractivity contribution >= 4 is 11.6 Å². The van der Waals surface area contributed by atoms with Crippen LogP contribution in [0.1, 0.15) is 18.9 Å². The number of aromatic nitrogens is 1. The monoisotopic (exact) mass is 276 g/mol. The first-order valence-electron chi connectivity index (χ1n) is 6.36. The van der Waals surface area contributed by atoms with Gasteiger partial charge in [0.1, 0.15) is 11.5 Å². The number of hydrogen-bond donors (Lipinski definition) is 1. The van der Waals surface area contributed by atoms with Crippen LogP contribution in [0.4, 0.5) is 0 Å². The molecule has 2 aromatic rings. The van der Waals surface area contributed by atoms with Crippen LogP contribution in [0.25, 0.3) is 0 Å². The maximum Gasteiger partial charge on any atom is 0.147 e. The molecule has 19 heavy (non-hydrogen) atoms. The van der Waals surface area contributed by atoms with Gasteiger partial charge in [-0.1, -0.05) is 30.7 Å². The lowest BCUT2D eigenvalue weighted by Crippen LogP contribution is -2.13. The molecule has 0 fully saturated rings. The second kappa shape index (κ2) is 7.12. The Kier molecular flexibility index (Phi) is 5.19. The first-order chi connectivity index (χ1) is 9.28. The van der Waals surface area contributed by atoms with E-state index in [9.17, 15) is 0 Å². The molecule has 0 aliphatic rings. The summed E-state index contributed by atoms with van der Waals surface area (Å²) in [6, 6.07) is 9.74. The van der Waals surface area contributed by atoms with Gasteiger partial charge >= 0.3 is 0 Å². The molecule has 0 unspecified atom stereocenters. The van der Waals surface area contributed by atoms with E-state index in [2.05, 4.69) is 23.3 Å². The van der Waals surface area contributed by atoms with Gasteiger partial charge < -0.3 is 10.1 Å². The van der Waals surface area contributed by atoms with Gasteiger partial charge in [0.2, 0.25) is 0 Å². The molecule has 3 nitrogen and oxygen atoms in total. The Hall–Kier alpha value is -1.58. The van der Waals surface area contributed by atoms with Crippen molar-refractivity contribution in [1.29, 1.82) is 0 Å². The molecule has 4 heteroatoms. The molecule has 100 valence electrons. The van der Waals surface area contributed by atoms with Crippen molar-refractivity contribution in [2.75, 3.05) is 6.54 Å². The van der Waals surface area contributed by atoms with Gasteiger partial charge in [-0.2, -0.15) is 0 Å². The first kappa shape index (κ1) is 13.8. The minimum Gasteiger partial charge on any atom is -0.456 e. The zero-order valence-corrected chi connectivity index (χ0v) is 11.7. The fourth-order valence-electron chi connectivity index (χ4n) is 1.71. The molecule has 1 aromatic heterocycles. The first-order valence-corrected chi connectivity index (χ1v) is 6.74. The number of benzene rings is 1. The average Bonchev–Trinajstić information content (AvgIpc) is 2.39. The van der Waals surface area contributed by atoms with Crippen molar-refractivity contribution in [1.82, 2.24) is 10.3 Å². The highest BCUT2D eigenvalue weighted by Crippen LogP contribution is 2.23. The summed E-state index contributed by atoms with van der Waals surface area (Å²) in [5.41, 5.74) is 1.20. The Balaban J connectivity index is 2.02. The number of hydrogen-bond acceptors (Lipinski definition) is 3. The topological polar surface area (TPSA) is 34.1 Å². The van der Waals surface area contributed by atoms with Crippen molar-refractivity contribution in [3.05, 3.63) is 53.3 Å². The molecule has 0 aliphatic carbocycles. The number of nitrogens with zero attached hydrogens (tertiary/aromatic N) is 1. The van der Waals surface area contributed by atoms with Crippen LogP contribution >= 0.6 is 11.6 Å². The minimum absolute atomic E-state index is 0.568. The molecule has 1 aromatic carbocycles. The fourth-order valence-corrected chi connectivity index (χ4v) is 1.88. The third-order valence-corrected chi connectivity index (χ3v) is 2.78. The zero-order valence-electron chi connectivity index (χ0n) is 10.9. The lowest BCUT2D eigenvalue weighted by molar-refractivity contribution is 0.479. The van der Waals surface area contributed by atoms with Crippen LogP contribution < -0.4 is 10.1 Å². The summed E-state index contributed by atoms with van der Waals surface area (Å²) in [4.78, 5) is 3.99. The van der Waals surface area contributed by atoms with Gasteiger partial charge in [-0.15, -0.1) is 0 Å². The Bertz CT molecular complexity index is 531. The van der Waals surface area contributed by atoms with Gasteiger partial charge in [-0.25, -0.2) is 0 Å². The standard InChI is InChI=1S/C15H17ClN2O/c1-2-6-17-9-12-4-3-5-14(7-12)19-15-8-13(16)10-18-11-15/h3-5,7-8,10-11,17H,2,6,9H2,1H3. The normalized spacial score (nSPS) is 10.4. The van der Waals surface area contributed by atoms with Crippen LogP contribution in [0.5, 0.6) is 11.5 Å². The second-order valence-corrected chi connectivity index (χ2v) is 4.70. The predicted molar refractivity (Wildman–Crippen MR) is 77.8 cm³/mol. The minimum atomic E-state index is 0.568. The Morgan fingerprint density at radius 2 is 2.11 bits per heavy atom. The SMILES string of the molecule is CCCNCc1cccc(Oc2cncc(Cl)c2)c1. The molecule has 0 radical (unpaired) electrons. The maximum atomic E-state index is 5.87. The van der Waals surface area contributed by atoms with Crippen molar-refractivity contribution in [2.24, 2.45) is 0 Å². The maximum absolute atomic E-state index is 5.87. The molecule has 0 atom stereocenters. The highest BCUT2D eigenvalue weighted by molar-refractivity contribution is 6.30. The van der Waals surface area contributed by atoms with Crippen LogP contribution in [0.2, 0.25) is 5.02 Å². The summed E-state index contributed by atoms with van der Waals surface area (Å²) in [7, 11) is 0. The van der Waals surface area contributed by atoms with Gasteiger partial charge in [-0.3, -0.25) is 4.98 Å². The zero-order chi connectivity index (χ0) is 13.5. The summed E-state index contributed by atoms with van der Waals surface area (Å²) >= 11 is 5.87. The van der Waals surface area contributed by atoms with E-state index in [1.54, 1.807) is 18.5 Å². The Morgan fingerprint density at radius 3 is 2.89 bits per heavy atom. The smallest absolute Gasteiger partial charge is 0.147 e. The van der Waals surface area contributed by atoms with Crippen molar-refractivity contribution in [3.63, 3.8) is 0 Å². The number of halogens is 1. The lowest BCUT2D eigenvalue weighted by atomic mass is 10.2. The summed E-state index contributed by atoms with van der Waals surface area (Å²) in [5.74, 6) is 1.44. The van der Waals surface area contributed by atoms with Crippen LogP contribution in [0.3, 0.4) is 0 Å². The Labute approximate surface area is 118 Å². The van der Waals surface area contributed by atoms with Gasteiger partial charge in [0, 0.05) is 18.8 Å². The third-order valence-electron chi connectivity index (χ3n) is 2.57. The van der Waals surface area contributed by atoms with Gasteiger partial charge in [0.05, 0.1) is 11.2 Å². The summed E-state index contributed by atoms with van der Waals surface area (Å²) < 4.78 is 5.73. The molecule has 0 spiro atoms. The number of pyridine rings is 1. The van der Waals surface area contributed by atoms with Crippen LogP contribution in [-0.2, 0) is 6.54 Å². The van der Waals surface area contributed by atoms with E-state index in [4.69, 9.17) is 16.3 Å². The van der Waals surface area contributed by atoms with Crippen LogP contribution in [0, 0.1) is 0 Å². The molecule has 2 rings (SSSR count). The van der Waals surface area contributed by atoms with Crippen molar-refractivity contribution in [2.45, 2.75) is 19.9 Å². The van der Waals surface area contributed by atoms with Gasteiger partial charge in [0.15, 0.2) is 0 Å². The highest BCUT2D eigenvalue weighted by Gasteiger charge is 2.00. The van der Waals surface area contributed by atoms with E-state index in [0.717, 1.165) is 25.3 Å². The number of rotatable bonds is 6. The predicted octanol–water partition coefficient (Wildman–Crippen LogP) is 4.03. The van der Waals surface area contributed by atoms with Crippen molar-refractivity contribution < 1.29 is 4.74 Å². The number of ether oxygens (including phenoxy) is 1. The van der Waals surface area contributed by atoms with Gasteiger partial charge in [0.25, 0.3) is 0 Å². The highest BCUT2D eigenvalue weighted by atomic mass is 35.5. The Morgan fingerprint density at radius 1 is 1.21 bits per heavy atom. The summed E-state index contributed by atoms with van der Waals surface area (Å²) in [6.07, 6.45) is 4.36. The largest absolute Gasteiger partial charge is 0.456 e. The van der Waals surface area contributed by atoms with Crippen LogP contribution in [-0.4, -0.2) is 11.5 Å². The number of nitrogens with one attached hydrogen (secondary N) is 1. The molecular formula is C15H17ClN2O. The van der Waals surface area contributed by atoms with E-state index >= 15 is 0 Å². The van der Waals surface area contributed by atoms with Crippen molar-refractivity contribution in [3.8, 4) is 11.5 Å². The fraction of sp³-hybridized carbons (Fsp3) is 0.267. The molecule has 0 saturated carbocycles. The second-order valence-electron chi connectivity index (χ2n) is 4.27. The molecule has 0 bridgehead atoms. The van der Waals surface area contributed by atoms with E-state index in [1.807, 2.05) is 18.2 Å². The molecule has 0 aliphatic heterocycles. The van der Waals surface area contributed by atoms with Gasteiger partial charge in [-0.05, 0) is 30.7 Å².